The Bertz CT molecular complexity index is 1710. The Morgan fingerprint density at radius 1 is 0.872 bits per heavy atom. The summed E-state index contributed by atoms with van der Waals surface area (Å²) in [4.78, 5) is 42.0. The molecule has 0 aromatic heterocycles. The van der Waals surface area contributed by atoms with Gasteiger partial charge in [0, 0.05) is 24.7 Å². The van der Waals surface area contributed by atoms with Crippen molar-refractivity contribution >= 4 is 46.8 Å². The number of hydrogen-bond donors (Lipinski definition) is 3. The molecule has 2 aliphatic rings. The average Bonchev–Trinajstić information content (AvgIpc) is 3.74. The van der Waals surface area contributed by atoms with Gasteiger partial charge in [0.25, 0.3) is 5.91 Å². The number of esters is 1. The lowest BCUT2D eigenvalue weighted by Crippen LogP contribution is -2.51. The summed E-state index contributed by atoms with van der Waals surface area (Å²) in [6, 6.07) is 29.2. The van der Waals surface area contributed by atoms with E-state index in [1.807, 2.05) is 66.7 Å². The van der Waals surface area contributed by atoms with Gasteiger partial charge in [-0.15, -0.1) is 0 Å². The molecule has 1 saturated heterocycles. The van der Waals surface area contributed by atoms with Crippen LogP contribution < -0.4 is 20.9 Å². The first-order valence-electron chi connectivity index (χ1n) is 15.8. The van der Waals surface area contributed by atoms with Crippen molar-refractivity contribution in [2.45, 2.75) is 43.9 Å². The first kappa shape index (κ1) is 32.4. The van der Waals surface area contributed by atoms with Crippen LogP contribution in [0.5, 0.6) is 0 Å². The van der Waals surface area contributed by atoms with Gasteiger partial charge in [-0.2, -0.15) is 0 Å². The van der Waals surface area contributed by atoms with Gasteiger partial charge >= 0.3 is 12.0 Å². The fourth-order valence-corrected chi connectivity index (χ4v) is 6.96. The van der Waals surface area contributed by atoms with Crippen LogP contribution in [0, 0.1) is 0 Å². The lowest BCUT2D eigenvalue weighted by atomic mass is 9.99. The molecule has 1 heterocycles. The Morgan fingerprint density at radius 3 is 2.30 bits per heavy atom. The second kappa shape index (κ2) is 14.9. The van der Waals surface area contributed by atoms with Crippen LogP contribution in [-0.4, -0.2) is 43.6 Å². The third kappa shape index (κ3) is 7.89. The van der Waals surface area contributed by atoms with E-state index >= 15 is 0 Å². The molecule has 3 amide bonds. The molecule has 0 bridgehead atoms. The van der Waals surface area contributed by atoms with Crippen molar-refractivity contribution in [3.05, 3.63) is 135 Å². The summed E-state index contributed by atoms with van der Waals surface area (Å²) in [5.74, 6) is -0.974. The zero-order chi connectivity index (χ0) is 32.8. The number of carbonyl (C=O) groups is 3. The molecule has 1 aliphatic heterocycles. The number of benzene rings is 4. The Hall–Kier alpha value is -4.53. The van der Waals surface area contributed by atoms with Gasteiger partial charge in [0.2, 0.25) is 0 Å². The molecular weight excluding hydrogens is 635 g/mol. The predicted molar refractivity (Wildman–Crippen MR) is 184 cm³/mol. The van der Waals surface area contributed by atoms with E-state index < -0.39 is 23.9 Å². The summed E-state index contributed by atoms with van der Waals surface area (Å²) in [5.41, 5.74) is 5.21. The van der Waals surface area contributed by atoms with E-state index in [1.54, 1.807) is 12.1 Å². The third-order valence-corrected chi connectivity index (χ3v) is 9.39. The summed E-state index contributed by atoms with van der Waals surface area (Å²) < 4.78 is 5.53. The maximum Gasteiger partial charge on any atom is 0.330 e. The Kier molecular flexibility index (Phi) is 10.3. The van der Waals surface area contributed by atoms with Crippen molar-refractivity contribution in [1.82, 2.24) is 16.0 Å². The number of urea groups is 1. The van der Waals surface area contributed by atoms with Crippen molar-refractivity contribution < 1.29 is 19.1 Å². The van der Waals surface area contributed by atoms with Gasteiger partial charge in [-0.3, -0.25) is 4.79 Å². The Morgan fingerprint density at radius 2 is 1.55 bits per heavy atom. The summed E-state index contributed by atoms with van der Waals surface area (Å²) >= 11 is 13.3. The van der Waals surface area contributed by atoms with Gasteiger partial charge in [-0.25, -0.2) is 9.59 Å². The maximum absolute atomic E-state index is 13.6. The molecule has 1 fully saturated rings. The van der Waals surface area contributed by atoms with Crippen LogP contribution in [0.2, 0.25) is 10.0 Å². The SMILES string of the molecule is O=C(NC[C@H](NC(=O)c1c(Cl)cc(N2CC[C@H](c3ccccc3)C2)cc1Cl)C(=O)OCc1ccccc1)N[C@@H]1CCc2ccccc21. The zero-order valence-corrected chi connectivity index (χ0v) is 27.3. The largest absolute Gasteiger partial charge is 0.459 e. The minimum atomic E-state index is -1.20. The fourth-order valence-electron chi connectivity index (χ4n) is 6.32. The standard InChI is InChI=1S/C37H36Cl2N4O4/c38-30-19-28(43-18-17-27(22-43)25-11-5-2-6-12-25)20-31(39)34(30)35(44)41-33(36(45)47-23-24-9-3-1-4-10-24)21-40-37(46)42-32-16-15-26-13-7-8-14-29(26)32/h1-14,19-20,27,32-33H,15-18,21-23H2,(H,41,44)(H2,40,42,46)/t27-,32+,33-/m0/s1. The van der Waals surface area contributed by atoms with Crippen LogP contribution in [-0.2, 0) is 22.6 Å². The molecular formula is C37H36Cl2N4O4. The van der Waals surface area contributed by atoms with Crippen molar-refractivity contribution in [3.63, 3.8) is 0 Å². The van der Waals surface area contributed by atoms with E-state index in [4.69, 9.17) is 27.9 Å². The lowest BCUT2D eigenvalue weighted by Gasteiger charge is -2.22. The van der Waals surface area contributed by atoms with Crippen LogP contribution in [0.1, 0.15) is 57.4 Å². The molecule has 0 spiro atoms. The molecule has 242 valence electrons. The van der Waals surface area contributed by atoms with Crippen LogP contribution >= 0.6 is 23.2 Å². The van der Waals surface area contributed by atoms with E-state index in [1.165, 1.54) is 11.1 Å². The highest BCUT2D eigenvalue weighted by Crippen LogP contribution is 2.36. The second-order valence-electron chi connectivity index (χ2n) is 11.9. The topological polar surface area (TPSA) is 99.8 Å². The monoisotopic (exact) mass is 670 g/mol. The molecule has 0 radical (unpaired) electrons. The van der Waals surface area contributed by atoms with E-state index in [2.05, 4.69) is 39.0 Å². The quantitative estimate of drug-likeness (QED) is 0.161. The van der Waals surface area contributed by atoms with Gasteiger partial charge in [-0.05, 0) is 53.6 Å². The summed E-state index contributed by atoms with van der Waals surface area (Å²) in [7, 11) is 0. The number of amides is 3. The van der Waals surface area contributed by atoms with Gasteiger partial charge in [0.05, 0.1) is 28.2 Å². The molecule has 0 unspecified atom stereocenters. The molecule has 10 heteroatoms. The number of fused-ring (bicyclic) bond motifs is 1. The highest BCUT2D eigenvalue weighted by Gasteiger charge is 2.29. The number of ether oxygens (including phenoxy) is 1. The number of nitrogens with one attached hydrogen (secondary N) is 3. The molecule has 4 aromatic rings. The number of anilines is 1. The first-order valence-corrected chi connectivity index (χ1v) is 16.5. The van der Waals surface area contributed by atoms with Crippen molar-refractivity contribution in [1.29, 1.82) is 0 Å². The number of rotatable bonds is 10. The second-order valence-corrected chi connectivity index (χ2v) is 12.7. The maximum atomic E-state index is 13.6. The summed E-state index contributed by atoms with van der Waals surface area (Å²) in [6.45, 7) is 1.43. The molecule has 3 atom stereocenters. The molecule has 6 rings (SSSR count). The van der Waals surface area contributed by atoms with E-state index in [0.29, 0.717) is 5.92 Å². The minimum absolute atomic E-state index is 0.00706. The van der Waals surface area contributed by atoms with Gasteiger partial charge < -0.3 is 25.6 Å². The summed E-state index contributed by atoms with van der Waals surface area (Å²) in [6.07, 6.45) is 2.64. The molecule has 8 nitrogen and oxygen atoms in total. The molecule has 1 aliphatic carbocycles. The zero-order valence-electron chi connectivity index (χ0n) is 25.8. The molecule has 0 saturated carbocycles. The van der Waals surface area contributed by atoms with Gasteiger partial charge in [0.1, 0.15) is 12.6 Å². The predicted octanol–water partition coefficient (Wildman–Crippen LogP) is 6.82. The van der Waals surface area contributed by atoms with E-state index in [-0.39, 0.29) is 34.8 Å². The van der Waals surface area contributed by atoms with Crippen molar-refractivity contribution in [2.75, 3.05) is 24.5 Å². The first-order chi connectivity index (χ1) is 22.9. The number of nitrogens with zero attached hydrogens (tertiary/aromatic N) is 1. The molecule has 4 aromatic carbocycles. The summed E-state index contributed by atoms with van der Waals surface area (Å²) in [5, 5.41) is 8.73. The molecule has 3 N–H and O–H groups in total. The van der Waals surface area contributed by atoms with Crippen LogP contribution in [0.25, 0.3) is 0 Å². The normalized spacial score (nSPS) is 17.4. The van der Waals surface area contributed by atoms with Gasteiger partial charge in [0.15, 0.2) is 0 Å². The number of aryl methyl sites for hydroxylation is 1. The smallest absolute Gasteiger partial charge is 0.330 e. The third-order valence-electron chi connectivity index (χ3n) is 8.80. The van der Waals surface area contributed by atoms with E-state index in [0.717, 1.165) is 49.2 Å². The number of hydrogen-bond acceptors (Lipinski definition) is 5. The van der Waals surface area contributed by atoms with Crippen LogP contribution in [0.15, 0.2) is 97.1 Å². The van der Waals surface area contributed by atoms with Crippen molar-refractivity contribution in [3.8, 4) is 0 Å². The van der Waals surface area contributed by atoms with Crippen LogP contribution in [0.3, 0.4) is 0 Å². The van der Waals surface area contributed by atoms with E-state index in [9.17, 15) is 14.4 Å². The highest BCUT2D eigenvalue weighted by molar-refractivity contribution is 6.40. The Labute approximate surface area is 284 Å². The molecule has 47 heavy (non-hydrogen) atoms. The highest BCUT2D eigenvalue weighted by atomic mass is 35.5. The lowest BCUT2D eigenvalue weighted by molar-refractivity contribution is -0.147. The fraction of sp³-hybridized carbons (Fsp3) is 0.270. The van der Waals surface area contributed by atoms with Crippen LogP contribution in [0.4, 0.5) is 10.5 Å². The average molecular weight is 672 g/mol. The van der Waals surface area contributed by atoms with Gasteiger partial charge in [-0.1, -0.05) is 108 Å². The Balaban J connectivity index is 1.13. The number of carbonyl (C=O) groups excluding carboxylic acids is 3. The number of halogens is 2. The van der Waals surface area contributed by atoms with Crippen molar-refractivity contribution in [2.24, 2.45) is 0 Å². The minimum Gasteiger partial charge on any atom is -0.459 e.